The van der Waals surface area contributed by atoms with Gasteiger partial charge in [0.05, 0.1) is 12.0 Å². The summed E-state index contributed by atoms with van der Waals surface area (Å²) in [6, 6.07) is 5.62. The molecule has 0 spiro atoms. The molecule has 0 radical (unpaired) electrons. The van der Waals surface area contributed by atoms with Crippen LogP contribution >= 0.6 is 0 Å². The van der Waals surface area contributed by atoms with Crippen LogP contribution in [-0.4, -0.2) is 36.4 Å². The van der Waals surface area contributed by atoms with Gasteiger partial charge >= 0.3 is 5.97 Å². The van der Waals surface area contributed by atoms with Crippen LogP contribution in [0.25, 0.3) is 0 Å². The van der Waals surface area contributed by atoms with E-state index in [1.165, 1.54) is 38.5 Å². The maximum Gasteiger partial charge on any atom is 0.356 e. The second kappa shape index (κ2) is 5.94. The molecule has 0 bridgehead atoms. The molecule has 0 aliphatic carbocycles. The normalized spacial score (nSPS) is 11.9. The predicted octanol–water partition coefficient (Wildman–Crippen LogP) is 1.02. The van der Waals surface area contributed by atoms with Crippen LogP contribution in [0.15, 0.2) is 24.3 Å². The monoisotopic (exact) mass is 256 g/mol. The fourth-order valence-corrected chi connectivity index (χ4v) is 1.42. The summed E-state index contributed by atoms with van der Waals surface area (Å²) in [4.78, 5) is 26.1. The molecule has 98 valence electrons. The first-order valence-corrected chi connectivity index (χ1v) is 4.85. The number of carbonyl (C=O) groups is 1. The number of nitrogens with zero attached hydrogens (tertiary/aromatic N) is 2. The Balaban J connectivity index is 3.24. The topological polar surface area (TPSA) is 102 Å². The SMILES string of the molecule is CO[C@@H](C(=O)O)N(OC)c1ccccc1[N+](=O)[O-]. The molecule has 0 heterocycles. The maximum atomic E-state index is 11.0. The van der Waals surface area contributed by atoms with Crippen molar-refractivity contribution in [2.45, 2.75) is 6.23 Å². The van der Waals surface area contributed by atoms with E-state index in [0.717, 1.165) is 5.06 Å². The Morgan fingerprint density at radius 3 is 2.50 bits per heavy atom. The highest BCUT2D eigenvalue weighted by molar-refractivity contribution is 5.77. The molecule has 0 fully saturated rings. The zero-order chi connectivity index (χ0) is 13.7. The molecule has 1 atom stereocenters. The van der Waals surface area contributed by atoms with E-state index in [-0.39, 0.29) is 11.4 Å². The summed E-state index contributed by atoms with van der Waals surface area (Å²) in [5, 5.41) is 20.6. The van der Waals surface area contributed by atoms with Gasteiger partial charge in [0.25, 0.3) is 11.9 Å². The molecular formula is C10H12N2O6. The number of hydroxylamine groups is 1. The lowest BCUT2D eigenvalue weighted by Crippen LogP contribution is -2.42. The molecule has 0 aliphatic heterocycles. The van der Waals surface area contributed by atoms with Crippen molar-refractivity contribution in [3.8, 4) is 0 Å². The van der Waals surface area contributed by atoms with Gasteiger partial charge < -0.3 is 9.84 Å². The van der Waals surface area contributed by atoms with Crippen LogP contribution in [0.4, 0.5) is 11.4 Å². The number of hydrogen-bond acceptors (Lipinski definition) is 6. The third kappa shape index (κ3) is 2.73. The Labute approximate surface area is 102 Å². The molecule has 1 rings (SSSR count). The van der Waals surface area contributed by atoms with Crippen molar-refractivity contribution in [2.75, 3.05) is 19.3 Å². The Morgan fingerprint density at radius 1 is 1.44 bits per heavy atom. The van der Waals surface area contributed by atoms with Crippen LogP contribution in [-0.2, 0) is 14.4 Å². The van der Waals surface area contributed by atoms with Crippen LogP contribution in [0.3, 0.4) is 0 Å². The largest absolute Gasteiger partial charge is 0.478 e. The van der Waals surface area contributed by atoms with Gasteiger partial charge in [-0.05, 0) is 6.07 Å². The minimum atomic E-state index is -1.48. The average Bonchev–Trinajstić information content (AvgIpc) is 2.35. The molecule has 1 N–H and O–H groups in total. The minimum Gasteiger partial charge on any atom is -0.478 e. The first-order valence-electron chi connectivity index (χ1n) is 4.85. The van der Waals surface area contributed by atoms with Crippen LogP contribution in [0, 0.1) is 10.1 Å². The first kappa shape index (κ1) is 13.9. The van der Waals surface area contributed by atoms with Crippen LogP contribution in [0.2, 0.25) is 0 Å². The fraction of sp³-hybridized carbons (Fsp3) is 0.300. The lowest BCUT2D eigenvalue weighted by atomic mass is 10.2. The number of methoxy groups -OCH3 is 1. The molecule has 1 aromatic carbocycles. The summed E-state index contributed by atoms with van der Waals surface area (Å²) in [5.74, 6) is -1.32. The molecule has 8 nitrogen and oxygen atoms in total. The minimum absolute atomic E-state index is 0.000694. The van der Waals surface area contributed by atoms with E-state index >= 15 is 0 Å². The number of anilines is 1. The summed E-state index contributed by atoms with van der Waals surface area (Å²) in [7, 11) is 2.37. The van der Waals surface area contributed by atoms with Crippen molar-refractivity contribution < 1.29 is 24.4 Å². The third-order valence-electron chi connectivity index (χ3n) is 2.16. The van der Waals surface area contributed by atoms with Crippen LogP contribution < -0.4 is 5.06 Å². The number of para-hydroxylation sites is 2. The van der Waals surface area contributed by atoms with E-state index in [4.69, 9.17) is 14.7 Å². The van der Waals surface area contributed by atoms with Crippen molar-refractivity contribution in [1.29, 1.82) is 0 Å². The Hall–Kier alpha value is -2.19. The first-order chi connectivity index (χ1) is 8.52. The van der Waals surface area contributed by atoms with Crippen molar-refractivity contribution in [3.63, 3.8) is 0 Å². The molecule has 1 aromatic rings. The van der Waals surface area contributed by atoms with Gasteiger partial charge in [0.1, 0.15) is 5.69 Å². The Morgan fingerprint density at radius 2 is 2.06 bits per heavy atom. The number of benzene rings is 1. The van der Waals surface area contributed by atoms with Gasteiger partial charge in [0, 0.05) is 13.2 Å². The highest BCUT2D eigenvalue weighted by Gasteiger charge is 2.30. The van der Waals surface area contributed by atoms with E-state index in [1.54, 1.807) is 0 Å². The highest BCUT2D eigenvalue weighted by Crippen LogP contribution is 2.29. The predicted molar refractivity (Wildman–Crippen MR) is 61.0 cm³/mol. The second-order valence-electron chi connectivity index (χ2n) is 3.18. The summed E-state index contributed by atoms with van der Waals surface area (Å²) in [5.41, 5.74) is -0.276. The maximum absolute atomic E-state index is 11.0. The van der Waals surface area contributed by atoms with Crippen molar-refractivity contribution in [1.82, 2.24) is 0 Å². The van der Waals surface area contributed by atoms with Gasteiger partial charge in [-0.1, -0.05) is 12.1 Å². The van der Waals surface area contributed by atoms with Gasteiger partial charge in [-0.2, -0.15) is 0 Å². The number of rotatable bonds is 6. The van der Waals surface area contributed by atoms with E-state index in [1.807, 2.05) is 0 Å². The van der Waals surface area contributed by atoms with Gasteiger partial charge in [0.15, 0.2) is 0 Å². The molecule has 0 saturated carbocycles. The Bertz CT molecular complexity index is 450. The Kier molecular flexibility index (Phi) is 4.58. The van der Waals surface area contributed by atoms with E-state index < -0.39 is 17.1 Å². The lowest BCUT2D eigenvalue weighted by molar-refractivity contribution is -0.384. The van der Waals surface area contributed by atoms with Gasteiger partial charge in [-0.15, -0.1) is 0 Å². The molecule has 18 heavy (non-hydrogen) atoms. The number of nitro groups is 1. The van der Waals surface area contributed by atoms with Gasteiger partial charge in [-0.25, -0.2) is 9.86 Å². The molecule has 0 saturated heterocycles. The quantitative estimate of drug-likeness (QED) is 0.460. The average molecular weight is 256 g/mol. The zero-order valence-corrected chi connectivity index (χ0v) is 9.77. The summed E-state index contributed by atoms with van der Waals surface area (Å²) >= 11 is 0. The molecule has 0 unspecified atom stereocenters. The standard InChI is InChI=1S/C10H12N2O6/c1-17-9(10(13)14)11(18-2)7-5-3-4-6-8(7)12(15)16/h3-6,9H,1-2H3,(H,13,14)/t9-/m0/s1. The second-order valence-corrected chi connectivity index (χ2v) is 3.18. The number of aliphatic carboxylic acids is 1. The zero-order valence-electron chi connectivity index (χ0n) is 9.77. The molecular weight excluding hydrogens is 244 g/mol. The van der Waals surface area contributed by atoms with Crippen LogP contribution in [0.5, 0.6) is 0 Å². The molecule has 0 amide bonds. The fourth-order valence-electron chi connectivity index (χ4n) is 1.42. The number of carboxylic acid groups (broad SMARTS) is 1. The number of hydrogen-bond donors (Lipinski definition) is 1. The molecule has 8 heteroatoms. The summed E-state index contributed by atoms with van der Waals surface area (Å²) in [6.45, 7) is 0. The number of nitro benzene ring substituents is 1. The number of carboxylic acids is 1. The highest BCUT2D eigenvalue weighted by atomic mass is 16.7. The summed E-state index contributed by atoms with van der Waals surface area (Å²) < 4.78 is 4.73. The molecule has 0 aromatic heterocycles. The van der Waals surface area contributed by atoms with Crippen molar-refractivity contribution in [3.05, 3.63) is 34.4 Å². The van der Waals surface area contributed by atoms with Crippen LogP contribution in [0.1, 0.15) is 0 Å². The lowest BCUT2D eigenvalue weighted by Gasteiger charge is -2.26. The third-order valence-corrected chi connectivity index (χ3v) is 2.16. The van der Waals surface area contributed by atoms with E-state index in [2.05, 4.69) is 0 Å². The van der Waals surface area contributed by atoms with Crippen molar-refractivity contribution in [2.24, 2.45) is 0 Å². The molecule has 0 aliphatic rings. The smallest absolute Gasteiger partial charge is 0.356 e. The van der Waals surface area contributed by atoms with E-state index in [0.29, 0.717) is 0 Å². The van der Waals surface area contributed by atoms with Gasteiger partial charge in [-0.3, -0.25) is 15.0 Å². The number of ether oxygens (including phenoxy) is 1. The summed E-state index contributed by atoms with van der Waals surface area (Å²) in [6.07, 6.45) is -1.48. The van der Waals surface area contributed by atoms with E-state index in [9.17, 15) is 14.9 Å². The van der Waals surface area contributed by atoms with Gasteiger partial charge in [0.2, 0.25) is 0 Å². The van der Waals surface area contributed by atoms with Crippen molar-refractivity contribution >= 4 is 17.3 Å².